The summed E-state index contributed by atoms with van der Waals surface area (Å²) in [6.07, 6.45) is 87.5. The number of carbonyl (C=O) groups excluding carboxylic acids is 3. The largest absolute Gasteiger partial charge is 0.462 e. The number of unbranched alkanes of at least 4 members (excludes halogenated alkanes) is 36. The smallest absolute Gasteiger partial charge is 0.306 e. The first-order chi connectivity index (χ1) is 38.5. The quantitative estimate of drug-likeness (QED) is 0.0261. The Kier molecular flexibility index (Phi) is 63.2. The lowest BCUT2D eigenvalue weighted by Crippen LogP contribution is -2.30. The normalized spacial score (nSPS) is 12.6. The predicted molar refractivity (Wildman–Crippen MR) is 339 cm³/mol. The zero-order chi connectivity index (χ0) is 56.4. The van der Waals surface area contributed by atoms with Crippen LogP contribution < -0.4 is 0 Å². The number of hydrogen-bond donors (Lipinski definition) is 0. The van der Waals surface area contributed by atoms with E-state index in [2.05, 4.69) is 106 Å². The highest BCUT2D eigenvalue weighted by molar-refractivity contribution is 5.71. The molecule has 1 unspecified atom stereocenters. The molecule has 0 fully saturated rings. The second kappa shape index (κ2) is 66.1. The minimum Gasteiger partial charge on any atom is -0.462 e. The minimum atomic E-state index is -0.781. The van der Waals surface area contributed by atoms with Gasteiger partial charge in [0.25, 0.3) is 0 Å². The average molecular weight is 1090 g/mol. The van der Waals surface area contributed by atoms with E-state index >= 15 is 0 Å². The van der Waals surface area contributed by atoms with Crippen LogP contribution >= 0.6 is 0 Å². The van der Waals surface area contributed by atoms with Crippen molar-refractivity contribution >= 4 is 17.9 Å². The van der Waals surface area contributed by atoms with E-state index < -0.39 is 6.10 Å². The van der Waals surface area contributed by atoms with E-state index in [0.717, 1.165) is 96.3 Å². The molecule has 0 N–H and O–H groups in total. The topological polar surface area (TPSA) is 78.9 Å². The second-order valence-electron chi connectivity index (χ2n) is 22.3. The molecule has 0 amide bonds. The van der Waals surface area contributed by atoms with Crippen molar-refractivity contribution in [2.75, 3.05) is 13.2 Å². The molecule has 0 saturated carbocycles. The van der Waals surface area contributed by atoms with Gasteiger partial charge in [0.05, 0.1) is 0 Å². The lowest BCUT2D eigenvalue weighted by Gasteiger charge is -2.18. The van der Waals surface area contributed by atoms with Crippen LogP contribution in [0.25, 0.3) is 0 Å². The summed E-state index contributed by atoms with van der Waals surface area (Å²) in [6.45, 7) is 6.51. The molecule has 0 saturated heterocycles. The van der Waals surface area contributed by atoms with Gasteiger partial charge in [-0.2, -0.15) is 0 Å². The highest BCUT2D eigenvalue weighted by Gasteiger charge is 2.19. The van der Waals surface area contributed by atoms with Crippen LogP contribution in [-0.2, 0) is 28.6 Å². The molecule has 0 aliphatic heterocycles. The van der Waals surface area contributed by atoms with Gasteiger partial charge in [-0.25, -0.2) is 0 Å². The van der Waals surface area contributed by atoms with Crippen LogP contribution in [0.4, 0.5) is 0 Å². The third-order valence-corrected chi connectivity index (χ3v) is 14.6. The summed E-state index contributed by atoms with van der Waals surface area (Å²) in [5, 5.41) is 0. The molecule has 6 heteroatoms. The van der Waals surface area contributed by atoms with Crippen LogP contribution in [0.1, 0.15) is 335 Å². The van der Waals surface area contributed by atoms with E-state index in [0.29, 0.717) is 19.3 Å². The van der Waals surface area contributed by atoms with Crippen molar-refractivity contribution in [3.63, 3.8) is 0 Å². The molecular weight excluding hydrogens is 961 g/mol. The van der Waals surface area contributed by atoms with Crippen LogP contribution in [0.3, 0.4) is 0 Å². The molecule has 6 nitrogen and oxygen atoms in total. The highest BCUT2D eigenvalue weighted by atomic mass is 16.6. The zero-order valence-electron chi connectivity index (χ0n) is 51.7. The fraction of sp³-hybridized carbons (Fsp3) is 0.764. The summed E-state index contributed by atoms with van der Waals surface area (Å²) < 4.78 is 16.9. The van der Waals surface area contributed by atoms with Crippen molar-refractivity contribution in [1.29, 1.82) is 0 Å². The summed E-state index contributed by atoms with van der Waals surface area (Å²) in [6, 6.07) is 0. The molecule has 0 heterocycles. The van der Waals surface area contributed by atoms with E-state index in [9.17, 15) is 14.4 Å². The van der Waals surface area contributed by atoms with Crippen LogP contribution in [0.15, 0.2) is 85.1 Å². The van der Waals surface area contributed by atoms with Crippen molar-refractivity contribution < 1.29 is 28.6 Å². The zero-order valence-corrected chi connectivity index (χ0v) is 51.7. The SMILES string of the molecule is CC/C=C\C/C=C\C/C=C\C/C=C\C/C=C\CCCCCCCCCCCCCCCCCC(=O)OCC(COC(=O)CCCCCCC/C=C\CCCC)OC(=O)CCCCCCCCC/C=C\CCCCCCCCC. The Balaban J connectivity index is 4.17. The van der Waals surface area contributed by atoms with Crippen LogP contribution in [0, 0.1) is 0 Å². The van der Waals surface area contributed by atoms with E-state index in [4.69, 9.17) is 14.2 Å². The Morgan fingerprint density at radius 1 is 0.269 bits per heavy atom. The van der Waals surface area contributed by atoms with Gasteiger partial charge in [0.2, 0.25) is 0 Å². The number of allylic oxidation sites excluding steroid dienone is 14. The first-order valence-corrected chi connectivity index (χ1v) is 33.6. The Hall–Kier alpha value is -3.41. The monoisotopic (exact) mass is 1090 g/mol. The number of hydrogen-bond acceptors (Lipinski definition) is 6. The standard InChI is InChI=1S/C72H126O6/c1-4-7-10-13-16-19-22-24-26-28-30-31-32-33-34-35-36-37-38-39-40-41-42-44-45-47-50-53-56-59-62-65-71(74)77-68-69(67-76-70(73)64-61-58-55-52-49-21-18-15-12-9-6-3)78-72(75)66-63-60-57-54-51-48-46-43-29-27-25-23-20-17-14-11-8-5-2/h7,10,15-16,18-19,24,26-27,29-31,33-34,69H,4-6,8-9,11-14,17,20-23,25,28,32,35-68H2,1-3H3/b10-7-,18-15-,19-16-,26-24-,29-27-,31-30-,34-33-. The summed E-state index contributed by atoms with van der Waals surface area (Å²) >= 11 is 0. The molecule has 0 aliphatic rings. The van der Waals surface area contributed by atoms with Gasteiger partial charge in [-0.15, -0.1) is 0 Å². The van der Waals surface area contributed by atoms with Crippen molar-refractivity contribution in [3.8, 4) is 0 Å². The molecule has 0 aromatic rings. The number of rotatable bonds is 61. The fourth-order valence-electron chi connectivity index (χ4n) is 9.57. The van der Waals surface area contributed by atoms with Crippen LogP contribution in [0.2, 0.25) is 0 Å². The molecule has 0 radical (unpaired) electrons. The number of ether oxygens (including phenoxy) is 3. The molecule has 0 spiro atoms. The molecule has 0 bridgehead atoms. The van der Waals surface area contributed by atoms with Gasteiger partial charge in [0.1, 0.15) is 13.2 Å². The predicted octanol–water partition coefficient (Wildman–Crippen LogP) is 23.1. The third-order valence-electron chi connectivity index (χ3n) is 14.6. The summed E-state index contributed by atoms with van der Waals surface area (Å²) in [5.74, 6) is -0.878. The number of esters is 3. The van der Waals surface area contributed by atoms with Crippen molar-refractivity contribution in [2.24, 2.45) is 0 Å². The van der Waals surface area contributed by atoms with Gasteiger partial charge in [0, 0.05) is 19.3 Å². The van der Waals surface area contributed by atoms with Gasteiger partial charge < -0.3 is 14.2 Å². The van der Waals surface area contributed by atoms with Gasteiger partial charge in [-0.3, -0.25) is 14.4 Å². The van der Waals surface area contributed by atoms with Crippen LogP contribution in [0.5, 0.6) is 0 Å². The second-order valence-corrected chi connectivity index (χ2v) is 22.3. The maximum absolute atomic E-state index is 12.9. The van der Waals surface area contributed by atoms with E-state index in [1.807, 2.05) is 0 Å². The third kappa shape index (κ3) is 63.4. The van der Waals surface area contributed by atoms with Crippen LogP contribution in [-0.4, -0.2) is 37.2 Å². The van der Waals surface area contributed by atoms with E-state index in [1.54, 1.807) is 0 Å². The fourth-order valence-corrected chi connectivity index (χ4v) is 9.57. The molecular formula is C72H126O6. The molecule has 450 valence electrons. The first kappa shape index (κ1) is 74.6. The summed E-state index contributed by atoms with van der Waals surface area (Å²) in [4.78, 5) is 38.3. The molecule has 0 aromatic heterocycles. The van der Waals surface area contributed by atoms with Crippen molar-refractivity contribution in [1.82, 2.24) is 0 Å². The van der Waals surface area contributed by atoms with Gasteiger partial charge in [0.15, 0.2) is 6.10 Å². The molecule has 1 atom stereocenters. The molecule has 78 heavy (non-hydrogen) atoms. The van der Waals surface area contributed by atoms with Gasteiger partial charge in [-0.1, -0.05) is 292 Å². The van der Waals surface area contributed by atoms with Gasteiger partial charge in [-0.05, 0) is 109 Å². The summed E-state index contributed by atoms with van der Waals surface area (Å²) in [5.41, 5.74) is 0. The Morgan fingerprint density at radius 2 is 0.513 bits per heavy atom. The summed E-state index contributed by atoms with van der Waals surface area (Å²) in [7, 11) is 0. The van der Waals surface area contributed by atoms with E-state index in [-0.39, 0.29) is 31.1 Å². The van der Waals surface area contributed by atoms with Crippen molar-refractivity contribution in [3.05, 3.63) is 85.1 Å². The lowest BCUT2D eigenvalue weighted by atomic mass is 10.0. The van der Waals surface area contributed by atoms with E-state index in [1.165, 1.54) is 199 Å². The lowest BCUT2D eigenvalue weighted by molar-refractivity contribution is -0.167. The molecule has 0 aromatic carbocycles. The Labute approximate surface area is 484 Å². The Bertz CT molecular complexity index is 1480. The van der Waals surface area contributed by atoms with Gasteiger partial charge >= 0.3 is 17.9 Å². The molecule has 0 aliphatic carbocycles. The Morgan fingerprint density at radius 3 is 0.833 bits per heavy atom. The highest BCUT2D eigenvalue weighted by Crippen LogP contribution is 2.17. The number of carbonyl (C=O) groups is 3. The van der Waals surface area contributed by atoms with Crippen molar-refractivity contribution in [2.45, 2.75) is 341 Å². The first-order valence-electron chi connectivity index (χ1n) is 33.6. The molecule has 0 rings (SSSR count). The maximum Gasteiger partial charge on any atom is 0.306 e. The average Bonchev–Trinajstić information content (AvgIpc) is 3.44. The minimum absolute atomic E-state index is 0.0779. The maximum atomic E-state index is 12.9.